The van der Waals surface area contributed by atoms with Gasteiger partial charge in [0, 0.05) is 119 Å². The second-order valence-electron chi connectivity index (χ2n) is 17.5. The van der Waals surface area contributed by atoms with E-state index < -0.39 is 0 Å². The van der Waals surface area contributed by atoms with Crippen molar-refractivity contribution < 1.29 is 86.2 Å². The third-order valence-corrected chi connectivity index (χ3v) is 12.8. The van der Waals surface area contributed by atoms with Crippen molar-refractivity contribution >= 4 is 46.4 Å². The van der Waals surface area contributed by atoms with Gasteiger partial charge in [0.2, 0.25) is 0 Å². The topological polar surface area (TPSA) is 72.9 Å². The molecule has 0 unspecified atom stereocenters. The van der Waals surface area contributed by atoms with E-state index in [9.17, 15) is 0 Å². The van der Waals surface area contributed by atoms with Crippen LogP contribution in [0.2, 0.25) is 0 Å². The van der Waals surface area contributed by atoms with Crippen molar-refractivity contribution in [2.24, 2.45) is 0 Å². The minimum absolute atomic E-state index is 0. The van der Waals surface area contributed by atoms with E-state index >= 15 is 0 Å². The van der Waals surface area contributed by atoms with Gasteiger partial charge >= 0.3 is 0 Å². The first kappa shape index (κ1) is 57.0. The molecule has 0 fully saturated rings. The van der Waals surface area contributed by atoms with E-state index in [1.165, 1.54) is 0 Å². The lowest BCUT2D eigenvalue weighted by atomic mass is 10.0. The van der Waals surface area contributed by atoms with E-state index in [0.717, 1.165) is 167 Å². The molecule has 0 saturated carbocycles. The zero-order valence-corrected chi connectivity index (χ0v) is 47.0. The van der Waals surface area contributed by atoms with E-state index in [0.29, 0.717) is 0 Å². The Bertz CT molecular complexity index is 3030. The van der Waals surface area contributed by atoms with Gasteiger partial charge in [-0.2, -0.15) is 0 Å². The second kappa shape index (κ2) is 27.8. The molecule has 9 rings (SSSR count). The number of aryl methyl sites for hydroxylation is 4. The molecule has 0 radical (unpaired) electrons. The highest BCUT2D eigenvalue weighted by Crippen LogP contribution is 2.38. The number of hydrogen-bond acceptors (Lipinski definition) is 2. The Hall–Kier alpha value is -5.92. The molecule has 0 amide bonds. The fourth-order valence-electron chi connectivity index (χ4n) is 9.19. The van der Waals surface area contributed by atoms with Crippen LogP contribution >= 0.6 is 0 Å². The average molecular weight is 1210 g/mol. The molecule has 8 nitrogen and oxygen atoms in total. The van der Waals surface area contributed by atoms with Gasteiger partial charge in [0.05, 0.1) is 22.8 Å². The molecule has 0 spiro atoms. The number of hydrogen-bond donors (Lipinski definition) is 2. The summed E-state index contributed by atoms with van der Waals surface area (Å²) in [5, 5.41) is 0. The molecule has 370 valence electrons. The Balaban J connectivity index is 0.00000241. The van der Waals surface area contributed by atoms with Crippen LogP contribution in [0.1, 0.15) is 74.1 Å². The molecule has 12 heteroatoms. The zero-order chi connectivity index (χ0) is 46.7. The maximum absolute atomic E-state index is 5.53. The summed E-state index contributed by atoms with van der Waals surface area (Å²) in [6.07, 6.45) is 42.0. The third kappa shape index (κ3) is 13.4. The fraction of sp³-hybridized carbons (Fsp3) is 0.200. The highest BCUT2D eigenvalue weighted by Gasteiger charge is 2.21. The summed E-state index contributed by atoms with van der Waals surface area (Å²) in [6.45, 7) is 19.4. The largest absolute Gasteiger partial charge is 1.00 e. The molecule has 7 aromatic heterocycles. The maximum Gasteiger partial charge on any atom is 0.169 e. The van der Waals surface area contributed by atoms with Crippen LogP contribution in [0.15, 0.2) is 173 Å². The molecule has 2 aliphatic rings. The van der Waals surface area contributed by atoms with Crippen LogP contribution in [0, 0.1) is 0 Å². The predicted octanol–water partition coefficient (Wildman–Crippen LogP) is 0.354. The molecule has 0 saturated heterocycles. The van der Waals surface area contributed by atoms with Crippen LogP contribution in [0.5, 0.6) is 0 Å². The lowest BCUT2D eigenvalue weighted by Gasteiger charge is -2.07. The highest BCUT2D eigenvalue weighted by atomic mass is 79.9. The molecule has 7 aromatic rings. The van der Waals surface area contributed by atoms with Gasteiger partial charge in [-0.3, -0.25) is 0 Å². The van der Waals surface area contributed by atoms with Crippen molar-refractivity contribution in [1.82, 2.24) is 19.9 Å². The van der Waals surface area contributed by atoms with E-state index in [1.807, 2.05) is 24.3 Å². The number of nitrogens with zero attached hydrogens (tertiary/aromatic N) is 6. The Labute approximate surface area is 466 Å². The lowest BCUT2D eigenvalue weighted by molar-refractivity contribution is -0.697. The Morgan fingerprint density at radius 3 is 0.847 bits per heavy atom. The van der Waals surface area contributed by atoms with Gasteiger partial charge in [-0.05, 0) is 96.5 Å². The molecule has 72 heavy (non-hydrogen) atoms. The van der Waals surface area contributed by atoms with Gasteiger partial charge in [0.25, 0.3) is 0 Å². The van der Waals surface area contributed by atoms with E-state index in [4.69, 9.17) is 9.97 Å². The molecular weight excluding hydrogens is 1150 g/mol. The lowest BCUT2D eigenvalue weighted by Crippen LogP contribution is -3.00. The van der Waals surface area contributed by atoms with Crippen LogP contribution in [-0.2, 0) is 26.2 Å². The van der Waals surface area contributed by atoms with Crippen molar-refractivity contribution in [3.63, 3.8) is 0 Å². The number of unbranched alkanes of at least 4 members (excludes halogenated alkanes) is 4. The number of pyridine rings is 4. The van der Waals surface area contributed by atoms with E-state index in [-0.39, 0.29) is 67.9 Å². The number of halogens is 4. The summed E-state index contributed by atoms with van der Waals surface area (Å²) in [4.78, 5) is 18.9. The van der Waals surface area contributed by atoms with Gasteiger partial charge in [0.1, 0.15) is 26.2 Å². The number of fused-ring (bicyclic) bond motifs is 8. The maximum atomic E-state index is 5.53. The van der Waals surface area contributed by atoms with Crippen LogP contribution in [0.3, 0.4) is 0 Å². The van der Waals surface area contributed by atoms with Gasteiger partial charge < -0.3 is 77.9 Å². The van der Waals surface area contributed by atoms with Crippen molar-refractivity contribution in [1.29, 1.82) is 0 Å². The molecule has 2 N–H and O–H groups in total. The molecule has 0 atom stereocenters. The number of aromatic nitrogens is 8. The summed E-state index contributed by atoms with van der Waals surface area (Å²) < 4.78 is 8.97. The molecule has 8 bridgehead atoms. The Morgan fingerprint density at radius 1 is 0.333 bits per heavy atom. The third-order valence-electron chi connectivity index (χ3n) is 12.8. The van der Waals surface area contributed by atoms with Crippen molar-refractivity contribution in [3.05, 3.63) is 196 Å². The number of H-pyrrole nitrogens is 2. The molecule has 0 aliphatic carbocycles. The smallest absolute Gasteiger partial charge is 0.169 e. The van der Waals surface area contributed by atoms with Gasteiger partial charge in [0.15, 0.2) is 49.6 Å². The highest BCUT2D eigenvalue weighted by molar-refractivity contribution is 6.00. The summed E-state index contributed by atoms with van der Waals surface area (Å²) in [5.74, 6) is 0. The van der Waals surface area contributed by atoms with Crippen LogP contribution < -0.4 is 86.2 Å². The van der Waals surface area contributed by atoms with Gasteiger partial charge in [-0.1, -0.05) is 24.3 Å². The minimum Gasteiger partial charge on any atom is -1.00 e. The van der Waals surface area contributed by atoms with Gasteiger partial charge in [-0.25, -0.2) is 28.2 Å². The number of nitrogens with one attached hydrogen (secondary N) is 2. The zero-order valence-electron chi connectivity index (χ0n) is 40.7. The van der Waals surface area contributed by atoms with Crippen molar-refractivity contribution in [2.45, 2.75) is 77.5 Å². The second-order valence-corrected chi connectivity index (χ2v) is 17.5. The van der Waals surface area contributed by atoms with Crippen molar-refractivity contribution in [2.75, 3.05) is 0 Å². The minimum atomic E-state index is 0. The summed E-state index contributed by atoms with van der Waals surface area (Å²) >= 11 is 0. The first-order chi connectivity index (χ1) is 33.5. The van der Waals surface area contributed by atoms with Crippen LogP contribution in [0.4, 0.5) is 0 Å². The monoisotopic (exact) mass is 1210 g/mol. The summed E-state index contributed by atoms with van der Waals surface area (Å²) in [6, 6.07) is 26.5. The standard InChI is InChI=1S/C60H61N8.4BrH/c1-5-9-13-33-65-37-25-45(26-38-65)57-49-17-19-51(61-49)58(46-27-39-66(40-28-46)34-14-10-6-2)53-21-23-55(63-53)60(48-31-43-68(44-32-48)36-16-12-8-4)56-24-22-54(64-56)59(52-20-18-50(57)62-52)47-29-41-67(42-30-47)35-15-11-7-3;;;;/h5-8,17-32,37-44H,1-4,9-16,33-36H2,(H,61,62,63,64);4*1H/q+3;;;;/p-3. The molecule has 9 heterocycles. The number of aromatic amines is 2. The van der Waals surface area contributed by atoms with E-state index in [2.05, 4.69) is 201 Å². The molecule has 0 aromatic carbocycles. The first-order valence-electron chi connectivity index (χ1n) is 24.1. The number of allylic oxidation sites excluding steroid dienone is 4. The predicted molar refractivity (Wildman–Crippen MR) is 279 cm³/mol. The van der Waals surface area contributed by atoms with Crippen LogP contribution in [-0.4, -0.2) is 19.9 Å². The van der Waals surface area contributed by atoms with Crippen LogP contribution in [0.25, 0.3) is 90.9 Å². The summed E-state index contributed by atoms with van der Waals surface area (Å²) in [7, 11) is 0. The van der Waals surface area contributed by atoms with E-state index in [1.54, 1.807) is 0 Å². The first-order valence-corrected chi connectivity index (χ1v) is 24.1. The van der Waals surface area contributed by atoms with Crippen molar-refractivity contribution in [3.8, 4) is 44.5 Å². The normalized spacial score (nSPS) is 11.1. The average Bonchev–Trinajstić information content (AvgIpc) is 4.23. The number of rotatable bonds is 20. The molecule has 2 aliphatic heterocycles. The molecular formula is C60H62Br4N8. The van der Waals surface area contributed by atoms with Gasteiger partial charge in [-0.15, -0.1) is 26.3 Å². The Kier molecular flexibility index (Phi) is 22.0. The Morgan fingerprint density at radius 2 is 0.569 bits per heavy atom. The fourth-order valence-corrected chi connectivity index (χ4v) is 9.19. The summed E-state index contributed by atoms with van der Waals surface area (Å²) in [5.41, 5.74) is 15.9. The SMILES string of the molecule is C=CCCC[n+]1ccc(-c2c3nc(c(-c4cc[n+](CCCC=C)cc4)c4ccc([nH]4)c(-c4cc[n+](CCCC=C)cc4)c4ccc([nH]4)c(-c4cc[n+](CCCC=C)cc4)c4nc2C=C4)C=C3)cc1.[Br-].[Br-].[Br-].[Br-]. The quantitative estimate of drug-likeness (QED) is 0.0659.